The summed E-state index contributed by atoms with van der Waals surface area (Å²) in [5, 5.41) is 111. The monoisotopic (exact) mass is 670 g/mol. The molecular weight excluding hydrogens is 640 g/mol. The number of carboxylic acids is 4. The molecule has 0 aliphatic heterocycles. The summed E-state index contributed by atoms with van der Waals surface area (Å²) in [6.45, 7) is -0.159. The van der Waals surface area contributed by atoms with Crippen LogP contribution in [0.3, 0.4) is 0 Å². The van der Waals surface area contributed by atoms with Gasteiger partial charge in [0.2, 0.25) is 11.5 Å². The molecule has 0 bridgehead atoms. The average molecular weight is 670 g/mol. The molecule has 13 N–H and O–H groups in total. The van der Waals surface area contributed by atoms with Gasteiger partial charge in [-0.2, -0.15) is 0 Å². The highest BCUT2D eigenvalue weighted by Gasteiger charge is 2.35. The molecule has 8 atom stereocenters. The van der Waals surface area contributed by atoms with Crippen LogP contribution in [0.4, 0.5) is 0 Å². The molecule has 0 radical (unpaired) electrons. The molecule has 0 saturated carbocycles. The van der Waals surface area contributed by atoms with Crippen molar-refractivity contribution in [3.63, 3.8) is 0 Å². The Morgan fingerprint density at radius 3 is 1.15 bits per heavy atom. The molecule has 22 heteroatoms. The van der Waals surface area contributed by atoms with Gasteiger partial charge in [-0.15, -0.1) is 0 Å². The smallest absolute Gasteiger partial charge is 0.371 e. The van der Waals surface area contributed by atoms with Gasteiger partial charge in [0.05, 0.1) is 0 Å². The van der Waals surface area contributed by atoms with Crippen molar-refractivity contribution in [1.29, 1.82) is 0 Å². The van der Waals surface area contributed by atoms with Crippen LogP contribution in [-0.4, -0.2) is 158 Å². The summed E-state index contributed by atoms with van der Waals surface area (Å²) in [5.74, 6) is -6.16. The number of carbonyl (C=O) groups is 7. The van der Waals surface area contributed by atoms with Crippen molar-refractivity contribution in [2.75, 3.05) is 0 Å². The van der Waals surface area contributed by atoms with E-state index in [-0.39, 0.29) is 36.5 Å². The number of aliphatic carboxylic acids is 2. The number of hydrogen-bond donors (Lipinski definition) is 13. The Kier molecular flexibility index (Phi) is 20.4. The van der Waals surface area contributed by atoms with Crippen LogP contribution in [0.25, 0.3) is 0 Å². The van der Waals surface area contributed by atoms with E-state index in [1.54, 1.807) is 6.07 Å². The first-order valence-corrected chi connectivity index (χ1v) is 11.8. The third-order valence-corrected chi connectivity index (χ3v) is 4.81. The van der Waals surface area contributed by atoms with E-state index in [1.165, 1.54) is 6.07 Å². The minimum atomic E-state index is -2.25. The van der Waals surface area contributed by atoms with Gasteiger partial charge in [0, 0.05) is 0 Å². The fourth-order valence-corrected chi connectivity index (χ4v) is 2.34. The van der Waals surface area contributed by atoms with Gasteiger partial charge in [0.15, 0.2) is 36.8 Å². The third-order valence-electron chi connectivity index (χ3n) is 4.81. The Hall–Kier alpha value is -4.91. The second kappa shape index (κ2) is 21.7. The lowest BCUT2D eigenvalue weighted by Gasteiger charge is -2.21. The molecule has 0 aliphatic carbocycles. The molecule has 0 unspecified atom stereocenters. The van der Waals surface area contributed by atoms with Crippen LogP contribution in [0.1, 0.15) is 37.4 Å². The summed E-state index contributed by atoms with van der Waals surface area (Å²) in [5.41, 5.74) is 0. The van der Waals surface area contributed by atoms with Crippen LogP contribution >= 0.6 is 0 Å². The fraction of sp³-hybridized carbons (Fsp3) is 0.375. The zero-order valence-electron chi connectivity index (χ0n) is 22.9. The van der Waals surface area contributed by atoms with E-state index in [2.05, 4.69) is 4.42 Å². The van der Waals surface area contributed by atoms with E-state index in [9.17, 15) is 33.6 Å². The minimum Gasteiger partial charge on any atom is -0.479 e. The molecule has 0 amide bonds. The second-order valence-corrected chi connectivity index (χ2v) is 8.14. The number of aliphatic hydroxyl groups is 9. The van der Waals surface area contributed by atoms with Crippen molar-refractivity contribution in [2.24, 2.45) is 0 Å². The van der Waals surface area contributed by atoms with Gasteiger partial charge in [-0.1, -0.05) is 0 Å². The number of hydrogen-bond acceptors (Lipinski definition) is 18. The molecule has 0 spiro atoms. The van der Waals surface area contributed by atoms with Gasteiger partial charge < -0.3 is 84.8 Å². The minimum absolute atomic E-state index is 0.0809. The van der Waals surface area contributed by atoms with Crippen LogP contribution < -0.4 is 0 Å². The van der Waals surface area contributed by atoms with Crippen molar-refractivity contribution in [1.82, 2.24) is 0 Å². The predicted octanol–water partition coefficient (Wildman–Crippen LogP) is -5.31. The van der Waals surface area contributed by atoms with E-state index >= 15 is 0 Å². The molecule has 0 saturated heterocycles. The first-order valence-electron chi connectivity index (χ1n) is 11.8. The lowest BCUT2D eigenvalue weighted by Crippen LogP contribution is -2.48. The largest absolute Gasteiger partial charge is 0.479 e. The number of carboxylic acid groups (broad SMARTS) is 4. The first-order chi connectivity index (χ1) is 21.3. The van der Waals surface area contributed by atoms with E-state index in [4.69, 9.17) is 70.8 Å². The summed E-state index contributed by atoms with van der Waals surface area (Å²) in [6.07, 6.45) is -16.2. The topological polar surface area (TPSA) is 409 Å². The number of aliphatic hydroxyl groups excluding tert-OH is 9. The maximum atomic E-state index is 10.2. The lowest BCUT2D eigenvalue weighted by molar-refractivity contribution is -0.164. The van der Waals surface area contributed by atoms with Gasteiger partial charge in [-0.3, -0.25) is 4.79 Å². The second-order valence-electron chi connectivity index (χ2n) is 8.14. The van der Waals surface area contributed by atoms with Gasteiger partial charge in [-0.25, -0.2) is 19.2 Å². The zero-order valence-corrected chi connectivity index (χ0v) is 22.9. The molecule has 2 aromatic rings. The summed E-state index contributed by atoms with van der Waals surface area (Å²) in [4.78, 5) is 70.2. The van der Waals surface area contributed by atoms with E-state index in [0.29, 0.717) is 12.0 Å². The maximum absolute atomic E-state index is 10.2. The van der Waals surface area contributed by atoms with Crippen molar-refractivity contribution < 1.29 is 109 Å². The zero-order chi connectivity index (χ0) is 36.3. The average Bonchev–Trinajstić information content (AvgIpc) is 3.73. The van der Waals surface area contributed by atoms with Gasteiger partial charge >= 0.3 is 23.9 Å². The van der Waals surface area contributed by atoms with E-state index in [1.807, 2.05) is 0 Å². The summed E-state index contributed by atoms with van der Waals surface area (Å²) in [7, 11) is 0. The maximum Gasteiger partial charge on any atom is 0.371 e. The molecule has 2 rings (SSSR count). The molecule has 2 aromatic heterocycles. The standard InChI is InChI=1S/2C6H10O7.C6H4O5.C6H6O3/c2*7-1-2(8)3(9)4(10)5(11)6(12)13;7-5(8)3-1-2-4(11-3)6(9)10;7-3-5-1-2-6(4-8)9-5/h2*1-5,8-11H,(H,12,13);1-2H,(H,7,8)(H,9,10);1-3,8H,4H2/t2*2-,3+,4+,5-;;/m00../s1. The highest BCUT2D eigenvalue weighted by molar-refractivity contribution is 5.89. The number of furan rings is 2. The third kappa shape index (κ3) is 15.2. The van der Waals surface area contributed by atoms with Crippen LogP contribution in [0.5, 0.6) is 0 Å². The first kappa shape index (κ1) is 43.2. The molecule has 0 aliphatic rings. The van der Waals surface area contributed by atoms with Gasteiger partial charge in [-0.05, 0) is 24.3 Å². The predicted molar refractivity (Wildman–Crippen MR) is 138 cm³/mol. The fourth-order valence-electron chi connectivity index (χ4n) is 2.34. The highest BCUT2D eigenvalue weighted by Crippen LogP contribution is 2.07. The number of aromatic carboxylic acids is 2. The van der Waals surface area contributed by atoms with Gasteiger partial charge in [0.1, 0.15) is 49.0 Å². The molecule has 0 fully saturated rings. The molecule has 258 valence electrons. The molecule has 22 nitrogen and oxygen atoms in total. The Bertz CT molecular complexity index is 1190. The SMILES string of the molecule is O=C(O)c1ccc(C(=O)O)o1.O=C[C@H](O)[C@@H](O)[C@@H](O)[C@H](O)C(=O)O.O=C[C@H](O)[C@@H](O)[C@@H](O)[C@H](O)C(=O)O.O=Cc1ccc(CO)o1. The van der Waals surface area contributed by atoms with Crippen LogP contribution in [-0.2, 0) is 25.8 Å². The van der Waals surface area contributed by atoms with Crippen LogP contribution in [0.15, 0.2) is 33.1 Å². The van der Waals surface area contributed by atoms with Crippen molar-refractivity contribution in [3.05, 3.63) is 47.3 Å². The Morgan fingerprint density at radius 1 is 0.587 bits per heavy atom. The van der Waals surface area contributed by atoms with Crippen molar-refractivity contribution >= 4 is 42.7 Å². The number of rotatable bonds is 14. The van der Waals surface area contributed by atoms with Crippen LogP contribution in [0, 0.1) is 0 Å². The lowest BCUT2D eigenvalue weighted by atomic mass is 10.0. The van der Waals surface area contributed by atoms with Gasteiger partial charge in [0.25, 0.3) is 0 Å². The molecule has 2 heterocycles. The van der Waals surface area contributed by atoms with Crippen molar-refractivity contribution in [3.8, 4) is 0 Å². The number of aldehydes is 3. The van der Waals surface area contributed by atoms with Crippen molar-refractivity contribution in [2.45, 2.75) is 55.4 Å². The molecule has 0 aromatic carbocycles. The molecular formula is C24H30O22. The summed E-state index contributed by atoms with van der Waals surface area (Å²) in [6, 6.07) is 5.25. The van der Waals surface area contributed by atoms with E-state index in [0.717, 1.165) is 12.1 Å². The van der Waals surface area contributed by atoms with E-state index < -0.39 is 72.7 Å². The Morgan fingerprint density at radius 2 is 0.957 bits per heavy atom. The Labute approximate surface area is 254 Å². The molecule has 46 heavy (non-hydrogen) atoms. The Balaban J connectivity index is 0. The van der Waals surface area contributed by atoms with Crippen LogP contribution in [0.2, 0.25) is 0 Å². The normalized spacial score (nSPS) is 15.4. The quantitative estimate of drug-likeness (QED) is 0.0834. The number of carbonyl (C=O) groups excluding carboxylic acids is 3. The summed E-state index contributed by atoms with van der Waals surface area (Å²) >= 11 is 0. The highest BCUT2D eigenvalue weighted by atomic mass is 16.4. The summed E-state index contributed by atoms with van der Waals surface area (Å²) < 4.78 is 9.17.